The van der Waals surface area contributed by atoms with Gasteiger partial charge in [-0.1, -0.05) is 12.1 Å². The van der Waals surface area contributed by atoms with Crippen LogP contribution < -0.4 is 10.1 Å². The highest BCUT2D eigenvalue weighted by Crippen LogP contribution is 2.10. The first-order valence-corrected chi connectivity index (χ1v) is 5.11. The number of benzene rings is 1. The summed E-state index contributed by atoms with van der Waals surface area (Å²) in [6.45, 7) is 3.69. The predicted molar refractivity (Wildman–Crippen MR) is 61.2 cm³/mol. The van der Waals surface area contributed by atoms with Gasteiger partial charge < -0.3 is 14.8 Å². The zero-order valence-electron chi connectivity index (χ0n) is 9.62. The highest BCUT2D eigenvalue weighted by atomic mass is 16.5. The van der Waals surface area contributed by atoms with Crippen molar-refractivity contribution in [2.45, 2.75) is 19.5 Å². The summed E-state index contributed by atoms with van der Waals surface area (Å²) in [6, 6.07) is 8.43. The van der Waals surface area contributed by atoms with Crippen LogP contribution in [0.4, 0.5) is 0 Å². The summed E-state index contributed by atoms with van der Waals surface area (Å²) in [4.78, 5) is 0. The van der Waals surface area contributed by atoms with Gasteiger partial charge in [0.05, 0.1) is 13.7 Å². The maximum atomic E-state index is 5.09. The second-order valence-electron chi connectivity index (χ2n) is 3.59. The molecule has 0 unspecified atom stereocenters. The van der Waals surface area contributed by atoms with E-state index in [9.17, 15) is 0 Å². The summed E-state index contributed by atoms with van der Waals surface area (Å²) >= 11 is 0. The van der Waals surface area contributed by atoms with Gasteiger partial charge in [-0.3, -0.25) is 0 Å². The van der Waals surface area contributed by atoms with Crippen LogP contribution in [0.2, 0.25) is 0 Å². The Morgan fingerprint density at radius 2 is 1.87 bits per heavy atom. The zero-order chi connectivity index (χ0) is 11.1. The molecule has 1 N–H and O–H groups in total. The summed E-state index contributed by atoms with van der Waals surface area (Å²) in [5.41, 5.74) is 1.25. The zero-order valence-corrected chi connectivity index (χ0v) is 9.62. The quantitative estimate of drug-likeness (QED) is 0.775. The van der Waals surface area contributed by atoms with Gasteiger partial charge in [0.1, 0.15) is 5.75 Å². The van der Waals surface area contributed by atoms with Gasteiger partial charge in [-0.05, 0) is 24.6 Å². The fraction of sp³-hybridized carbons (Fsp3) is 0.500. The van der Waals surface area contributed by atoms with E-state index in [-0.39, 0.29) is 0 Å². The molecule has 3 heteroatoms. The van der Waals surface area contributed by atoms with E-state index in [0.717, 1.165) is 18.9 Å². The highest BCUT2D eigenvalue weighted by Gasteiger charge is 2.00. The molecule has 1 atom stereocenters. The minimum absolute atomic E-state index is 0.372. The number of methoxy groups -OCH3 is 2. The Morgan fingerprint density at radius 1 is 1.20 bits per heavy atom. The molecule has 1 rings (SSSR count). The lowest BCUT2D eigenvalue weighted by atomic mass is 10.2. The van der Waals surface area contributed by atoms with E-state index in [1.54, 1.807) is 14.2 Å². The Labute approximate surface area is 91.4 Å². The molecule has 0 aliphatic rings. The summed E-state index contributed by atoms with van der Waals surface area (Å²) in [7, 11) is 3.39. The maximum Gasteiger partial charge on any atom is 0.118 e. The molecule has 0 aliphatic carbocycles. The third-order valence-corrected chi connectivity index (χ3v) is 2.23. The molecule has 0 fully saturated rings. The minimum Gasteiger partial charge on any atom is -0.497 e. The molecule has 1 aromatic carbocycles. The number of ether oxygens (including phenoxy) is 2. The van der Waals surface area contributed by atoms with E-state index >= 15 is 0 Å². The van der Waals surface area contributed by atoms with Gasteiger partial charge in [0.2, 0.25) is 0 Å². The SMILES string of the molecule is COC[C@@H](C)NCc1ccc(OC)cc1. The molecule has 0 heterocycles. The molecule has 0 bridgehead atoms. The first kappa shape index (κ1) is 12.0. The Hall–Kier alpha value is -1.06. The van der Waals surface area contributed by atoms with E-state index in [4.69, 9.17) is 9.47 Å². The lowest BCUT2D eigenvalue weighted by Gasteiger charge is -2.12. The average Bonchev–Trinajstić information content (AvgIpc) is 2.27. The fourth-order valence-electron chi connectivity index (χ4n) is 1.34. The van der Waals surface area contributed by atoms with Crippen molar-refractivity contribution < 1.29 is 9.47 Å². The molecular weight excluding hydrogens is 190 g/mol. The fourth-order valence-corrected chi connectivity index (χ4v) is 1.34. The van der Waals surface area contributed by atoms with Crippen molar-refractivity contribution in [3.63, 3.8) is 0 Å². The number of rotatable bonds is 6. The van der Waals surface area contributed by atoms with Crippen LogP contribution in [0.25, 0.3) is 0 Å². The van der Waals surface area contributed by atoms with Gasteiger partial charge in [0.25, 0.3) is 0 Å². The average molecular weight is 209 g/mol. The molecule has 1 aromatic rings. The molecule has 15 heavy (non-hydrogen) atoms. The summed E-state index contributed by atoms with van der Waals surface area (Å²) in [6.07, 6.45) is 0. The van der Waals surface area contributed by atoms with Crippen LogP contribution in [0.1, 0.15) is 12.5 Å². The number of hydrogen-bond donors (Lipinski definition) is 1. The molecule has 3 nitrogen and oxygen atoms in total. The van der Waals surface area contributed by atoms with Gasteiger partial charge in [-0.2, -0.15) is 0 Å². The van der Waals surface area contributed by atoms with Crippen LogP contribution in [0.3, 0.4) is 0 Å². The van der Waals surface area contributed by atoms with Crippen molar-refractivity contribution in [2.24, 2.45) is 0 Å². The van der Waals surface area contributed by atoms with Crippen LogP contribution in [-0.4, -0.2) is 26.9 Å². The smallest absolute Gasteiger partial charge is 0.118 e. The summed E-state index contributed by atoms with van der Waals surface area (Å²) < 4.78 is 10.1. The maximum absolute atomic E-state index is 5.09. The monoisotopic (exact) mass is 209 g/mol. The molecule has 84 valence electrons. The molecule has 0 aromatic heterocycles. The Bertz CT molecular complexity index is 271. The molecule has 0 radical (unpaired) electrons. The minimum atomic E-state index is 0.372. The second-order valence-corrected chi connectivity index (χ2v) is 3.59. The van der Waals surface area contributed by atoms with Crippen LogP contribution in [0.5, 0.6) is 5.75 Å². The van der Waals surface area contributed by atoms with E-state index in [1.807, 2.05) is 12.1 Å². The van der Waals surface area contributed by atoms with Gasteiger partial charge in [0.15, 0.2) is 0 Å². The third-order valence-electron chi connectivity index (χ3n) is 2.23. The Kier molecular flexibility index (Phi) is 5.15. The van der Waals surface area contributed by atoms with Crippen LogP contribution in [-0.2, 0) is 11.3 Å². The third kappa shape index (κ3) is 4.32. The van der Waals surface area contributed by atoms with Crippen molar-refractivity contribution in [1.82, 2.24) is 5.32 Å². The van der Waals surface area contributed by atoms with Crippen molar-refractivity contribution in [2.75, 3.05) is 20.8 Å². The van der Waals surface area contributed by atoms with Gasteiger partial charge in [0, 0.05) is 19.7 Å². The van der Waals surface area contributed by atoms with E-state index in [2.05, 4.69) is 24.4 Å². The highest BCUT2D eigenvalue weighted by molar-refractivity contribution is 5.26. The van der Waals surface area contributed by atoms with Gasteiger partial charge in [-0.25, -0.2) is 0 Å². The lowest BCUT2D eigenvalue weighted by Crippen LogP contribution is -2.29. The normalized spacial score (nSPS) is 12.5. The topological polar surface area (TPSA) is 30.5 Å². The Morgan fingerprint density at radius 3 is 2.40 bits per heavy atom. The molecule has 0 aliphatic heterocycles. The standard InChI is InChI=1S/C12H19NO2/c1-10(9-14-2)13-8-11-4-6-12(15-3)7-5-11/h4-7,10,13H,8-9H2,1-3H3/t10-/m1/s1. The first-order valence-electron chi connectivity index (χ1n) is 5.11. The van der Waals surface area contributed by atoms with Crippen molar-refractivity contribution in [3.8, 4) is 5.75 Å². The summed E-state index contributed by atoms with van der Waals surface area (Å²) in [5, 5.41) is 3.37. The predicted octanol–water partition coefficient (Wildman–Crippen LogP) is 1.82. The first-order chi connectivity index (χ1) is 7.26. The van der Waals surface area contributed by atoms with Crippen molar-refractivity contribution in [1.29, 1.82) is 0 Å². The van der Waals surface area contributed by atoms with E-state index in [0.29, 0.717) is 6.04 Å². The number of hydrogen-bond acceptors (Lipinski definition) is 3. The van der Waals surface area contributed by atoms with Crippen LogP contribution in [0.15, 0.2) is 24.3 Å². The molecule has 0 amide bonds. The van der Waals surface area contributed by atoms with Crippen LogP contribution >= 0.6 is 0 Å². The number of nitrogens with one attached hydrogen (secondary N) is 1. The van der Waals surface area contributed by atoms with Crippen molar-refractivity contribution in [3.05, 3.63) is 29.8 Å². The summed E-state index contributed by atoms with van der Waals surface area (Å²) in [5.74, 6) is 0.892. The largest absolute Gasteiger partial charge is 0.497 e. The Balaban J connectivity index is 2.37. The molecule has 0 saturated heterocycles. The van der Waals surface area contributed by atoms with Crippen molar-refractivity contribution >= 4 is 0 Å². The lowest BCUT2D eigenvalue weighted by molar-refractivity contribution is 0.171. The van der Waals surface area contributed by atoms with Gasteiger partial charge >= 0.3 is 0 Å². The van der Waals surface area contributed by atoms with E-state index in [1.165, 1.54) is 5.56 Å². The molecule has 0 saturated carbocycles. The van der Waals surface area contributed by atoms with Crippen LogP contribution in [0, 0.1) is 0 Å². The second kappa shape index (κ2) is 6.43. The van der Waals surface area contributed by atoms with E-state index < -0.39 is 0 Å². The van der Waals surface area contributed by atoms with Gasteiger partial charge in [-0.15, -0.1) is 0 Å². The molecular formula is C12H19NO2. The molecule has 0 spiro atoms.